The molecule has 1 unspecified atom stereocenters. The topological polar surface area (TPSA) is 120 Å². The summed E-state index contributed by atoms with van der Waals surface area (Å²) in [5.41, 5.74) is -0.976. The molecule has 0 spiro atoms. The molecule has 198 valence electrons. The molecule has 1 atom stereocenters. The molecule has 14 heteroatoms. The average molecular weight is 582 g/mol. The van der Waals surface area contributed by atoms with Gasteiger partial charge in [-0.15, -0.1) is 11.3 Å². The minimum absolute atomic E-state index is 0.0323. The second kappa shape index (κ2) is 9.44. The summed E-state index contributed by atoms with van der Waals surface area (Å²) >= 11 is 13.0. The van der Waals surface area contributed by atoms with Gasteiger partial charge < -0.3 is 15.5 Å². The number of halogens is 4. The van der Waals surface area contributed by atoms with Crippen LogP contribution >= 0.6 is 34.5 Å². The highest BCUT2D eigenvalue weighted by Gasteiger charge is 2.40. The first-order valence-electron chi connectivity index (χ1n) is 11.4. The molecule has 3 N–H and O–H groups in total. The Kier molecular flexibility index (Phi) is 6.52. The van der Waals surface area contributed by atoms with Crippen LogP contribution in [-0.2, 0) is 21.7 Å². The predicted octanol–water partition coefficient (Wildman–Crippen LogP) is 4.70. The van der Waals surface area contributed by atoms with Crippen LogP contribution in [0.25, 0.3) is 10.2 Å². The lowest BCUT2D eigenvalue weighted by atomic mass is 10.0. The van der Waals surface area contributed by atoms with Gasteiger partial charge >= 0.3 is 6.03 Å². The number of nitrogens with zero attached hydrogens (tertiary/aromatic N) is 2. The van der Waals surface area contributed by atoms with Crippen LogP contribution in [0.1, 0.15) is 47.6 Å². The third-order valence-corrected chi connectivity index (χ3v) is 8.31. The molecule has 1 fully saturated rings. The van der Waals surface area contributed by atoms with Gasteiger partial charge in [0.2, 0.25) is 11.8 Å². The van der Waals surface area contributed by atoms with Crippen molar-refractivity contribution in [1.82, 2.24) is 20.5 Å². The number of thiazole rings is 1. The number of hydrogen-bond acceptors (Lipinski definition) is 6. The van der Waals surface area contributed by atoms with Crippen molar-refractivity contribution in [3.63, 3.8) is 0 Å². The maximum absolute atomic E-state index is 15.4. The summed E-state index contributed by atoms with van der Waals surface area (Å²) in [5.74, 6) is -3.06. The number of aromatic nitrogens is 1. The summed E-state index contributed by atoms with van der Waals surface area (Å²) in [4.78, 5) is 54.9. The Labute approximate surface area is 228 Å². The number of urea groups is 1. The summed E-state index contributed by atoms with van der Waals surface area (Å²) in [6.07, 6.45) is 0.212. The summed E-state index contributed by atoms with van der Waals surface area (Å²) in [6, 6.07) is 2.20. The van der Waals surface area contributed by atoms with Crippen LogP contribution < -0.4 is 16.0 Å². The van der Waals surface area contributed by atoms with Crippen LogP contribution in [-0.4, -0.2) is 39.7 Å². The summed E-state index contributed by atoms with van der Waals surface area (Å²) in [7, 11) is 0. The number of carbonyl (C=O) groups excluding carboxylic acids is 4. The molecule has 3 aromatic rings. The molecular weight excluding hydrogens is 563 g/mol. The molecule has 0 radical (unpaired) electrons. The van der Waals surface area contributed by atoms with Crippen LogP contribution in [0.4, 0.5) is 19.3 Å². The van der Waals surface area contributed by atoms with Gasteiger partial charge in [-0.1, -0.05) is 23.2 Å². The fourth-order valence-corrected chi connectivity index (χ4v) is 6.15. The van der Waals surface area contributed by atoms with E-state index in [0.29, 0.717) is 5.01 Å². The molecule has 2 aliphatic rings. The third-order valence-electron chi connectivity index (χ3n) is 6.37. The molecule has 2 aliphatic heterocycles. The van der Waals surface area contributed by atoms with Gasteiger partial charge in [0.25, 0.3) is 5.91 Å². The average Bonchev–Trinajstić information content (AvgIpc) is 3.43. The molecule has 38 heavy (non-hydrogen) atoms. The zero-order chi connectivity index (χ0) is 27.5. The largest absolute Gasteiger partial charge is 0.326 e. The van der Waals surface area contributed by atoms with Crippen LogP contribution in [0.2, 0.25) is 10.0 Å². The Hall–Kier alpha value is -3.35. The minimum Gasteiger partial charge on any atom is -0.326 e. The van der Waals surface area contributed by atoms with E-state index >= 15 is 4.39 Å². The Morgan fingerprint density at radius 3 is 2.63 bits per heavy atom. The van der Waals surface area contributed by atoms with E-state index in [2.05, 4.69) is 20.9 Å². The SMILES string of the molecule is CC(C)(NC(=O)Nc1ccc2c(c1F)CN(C1CCC(=O)NC1=O)C2=O)c1nc2c(Cl)cc(Cl)c(F)c2s1. The van der Waals surface area contributed by atoms with Crippen molar-refractivity contribution >= 4 is 74.2 Å². The Balaban J connectivity index is 1.33. The summed E-state index contributed by atoms with van der Waals surface area (Å²) in [5, 5.41) is 7.65. The van der Waals surface area contributed by atoms with E-state index in [9.17, 15) is 23.6 Å². The van der Waals surface area contributed by atoms with Gasteiger partial charge in [-0.05, 0) is 38.5 Å². The lowest BCUT2D eigenvalue weighted by Gasteiger charge is -2.29. The molecular formula is C24H19Cl2F2N5O4S. The molecule has 0 aliphatic carbocycles. The normalized spacial score (nSPS) is 17.6. The van der Waals surface area contributed by atoms with E-state index in [1.54, 1.807) is 13.8 Å². The van der Waals surface area contributed by atoms with Crippen molar-refractivity contribution in [3.05, 3.63) is 56.0 Å². The summed E-state index contributed by atoms with van der Waals surface area (Å²) < 4.78 is 30.0. The van der Waals surface area contributed by atoms with Gasteiger partial charge in [-0.3, -0.25) is 19.7 Å². The number of imide groups is 1. The molecule has 1 saturated heterocycles. The number of amides is 5. The number of benzene rings is 2. The van der Waals surface area contributed by atoms with Crippen molar-refractivity contribution < 1.29 is 28.0 Å². The molecule has 3 heterocycles. The maximum atomic E-state index is 15.4. The van der Waals surface area contributed by atoms with Gasteiger partial charge in [0.15, 0.2) is 11.6 Å². The van der Waals surface area contributed by atoms with Gasteiger partial charge in [0.1, 0.15) is 16.6 Å². The van der Waals surface area contributed by atoms with Crippen LogP contribution in [0.3, 0.4) is 0 Å². The quantitative estimate of drug-likeness (QED) is 0.304. The van der Waals surface area contributed by atoms with Gasteiger partial charge in [0.05, 0.1) is 32.5 Å². The van der Waals surface area contributed by atoms with Gasteiger partial charge in [-0.2, -0.15) is 0 Å². The van der Waals surface area contributed by atoms with E-state index in [0.717, 1.165) is 11.3 Å². The first-order valence-corrected chi connectivity index (χ1v) is 12.9. The third kappa shape index (κ3) is 4.46. The Morgan fingerprint density at radius 2 is 1.92 bits per heavy atom. The zero-order valence-corrected chi connectivity index (χ0v) is 22.2. The van der Waals surface area contributed by atoms with E-state index in [4.69, 9.17) is 23.2 Å². The van der Waals surface area contributed by atoms with E-state index < -0.39 is 47.0 Å². The number of anilines is 1. The highest BCUT2D eigenvalue weighted by molar-refractivity contribution is 7.18. The van der Waals surface area contributed by atoms with Crippen molar-refractivity contribution in [2.45, 2.75) is 44.8 Å². The van der Waals surface area contributed by atoms with E-state index in [-0.39, 0.29) is 56.5 Å². The molecule has 5 rings (SSSR count). The van der Waals surface area contributed by atoms with E-state index in [1.807, 2.05) is 0 Å². The monoisotopic (exact) mass is 581 g/mol. The number of rotatable bonds is 4. The maximum Gasteiger partial charge on any atom is 0.320 e. The lowest BCUT2D eigenvalue weighted by Crippen LogP contribution is -2.52. The van der Waals surface area contributed by atoms with E-state index in [1.165, 1.54) is 23.1 Å². The number of nitrogens with one attached hydrogen (secondary N) is 3. The fourth-order valence-electron chi connectivity index (χ4n) is 4.44. The van der Waals surface area contributed by atoms with Crippen molar-refractivity contribution in [2.24, 2.45) is 0 Å². The first kappa shape index (κ1) is 26.3. The number of hydrogen-bond donors (Lipinski definition) is 3. The molecule has 5 amide bonds. The first-order chi connectivity index (χ1) is 17.9. The zero-order valence-electron chi connectivity index (χ0n) is 19.9. The van der Waals surface area contributed by atoms with Crippen LogP contribution in [0, 0.1) is 11.6 Å². The highest BCUT2D eigenvalue weighted by atomic mass is 35.5. The molecule has 9 nitrogen and oxygen atoms in total. The second-order valence-electron chi connectivity index (χ2n) is 9.41. The van der Waals surface area contributed by atoms with Crippen molar-refractivity contribution in [1.29, 1.82) is 0 Å². The smallest absolute Gasteiger partial charge is 0.320 e. The van der Waals surface area contributed by atoms with Crippen molar-refractivity contribution in [3.8, 4) is 0 Å². The summed E-state index contributed by atoms with van der Waals surface area (Å²) in [6.45, 7) is 3.08. The van der Waals surface area contributed by atoms with Crippen LogP contribution in [0.15, 0.2) is 18.2 Å². The standard InChI is InChI=1S/C24H19Cl2F2N5O4S/c1-24(2,22-31-18-12(26)7-11(25)17(28)19(18)38-22)32-23(37)29-13-4-3-9-10(16(13)27)8-33(21(9)36)14-5-6-15(34)30-20(14)35/h3-4,7,14H,5-6,8H2,1-2H3,(H2,29,32,37)(H,30,34,35). The molecule has 0 saturated carbocycles. The Bertz CT molecular complexity index is 1560. The van der Waals surface area contributed by atoms with Crippen molar-refractivity contribution in [2.75, 3.05) is 5.32 Å². The number of fused-ring (bicyclic) bond motifs is 2. The number of carbonyl (C=O) groups is 4. The van der Waals surface area contributed by atoms with Gasteiger partial charge in [-0.25, -0.2) is 18.6 Å². The lowest BCUT2D eigenvalue weighted by molar-refractivity contribution is -0.136. The molecule has 1 aromatic heterocycles. The minimum atomic E-state index is -1.11. The van der Waals surface area contributed by atoms with Gasteiger partial charge in [0, 0.05) is 17.5 Å². The predicted molar refractivity (Wildman–Crippen MR) is 137 cm³/mol. The molecule has 0 bridgehead atoms. The van der Waals surface area contributed by atoms with Crippen LogP contribution in [0.5, 0.6) is 0 Å². The molecule has 2 aromatic carbocycles. The Morgan fingerprint density at radius 1 is 1.18 bits per heavy atom. The second-order valence-corrected chi connectivity index (χ2v) is 11.2. The number of piperidine rings is 1. The highest BCUT2D eigenvalue weighted by Crippen LogP contribution is 2.38. The fraction of sp³-hybridized carbons (Fsp3) is 0.292.